The minimum absolute atomic E-state index is 0.0594. The van der Waals surface area contributed by atoms with Gasteiger partial charge >= 0.3 is 0 Å². The second-order valence-corrected chi connectivity index (χ2v) is 6.04. The lowest BCUT2D eigenvalue weighted by Gasteiger charge is -2.09. The van der Waals surface area contributed by atoms with Gasteiger partial charge in [0.1, 0.15) is 0 Å². The third-order valence-electron chi connectivity index (χ3n) is 3.52. The molecule has 0 saturated heterocycles. The van der Waals surface area contributed by atoms with Crippen LogP contribution in [0, 0.1) is 13.8 Å². The van der Waals surface area contributed by atoms with Gasteiger partial charge in [-0.2, -0.15) is 0 Å². The number of hydrogen-bond donors (Lipinski definition) is 2. The van der Waals surface area contributed by atoms with Crippen LogP contribution in [0.25, 0.3) is 0 Å². The minimum atomic E-state index is -0.0641. The zero-order valence-electron chi connectivity index (χ0n) is 12.8. The molecule has 1 aromatic heterocycles. The van der Waals surface area contributed by atoms with Gasteiger partial charge in [0.25, 0.3) is 11.8 Å². The Hall–Kier alpha value is -2.14. The highest BCUT2D eigenvalue weighted by Crippen LogP contribution is 2.12. The summed E-state index contributed by atoms with van der Waals surface area (Å²) in [6.45, 7) is 5.03. The SMILES string of the molecule is Cc1cccc(C(=O)NCCCNC(=O)c2cccs2)c1C. The molecule has 0 radical (unpaired) electrons. The topological polar surface area (TPSA) is 58.2 Å². The van der Waals surface area contributed by atoms with E-state index in [4.69, 9.17) is 0 Å². The molecule has 2 amide bonds. The molecule has 2 rings (SSSR count). The molecule has 0 atom stereocenters. The van der Waals surface area contributed by atoms with Crippen LogP contribution in [0.5, 0.6) is 0 Å². The minimum Gasteiger partial charge on any atom is -0.352 e. The van der Waals surface area contributed by atoms with E-state index in [1.807, 2.05) is 43.5 Å². The molecule has 5 heteroatoms. The summed E-state index contributed by atoms with van der Waals surface area (Å²) in [4.78, 5) is 24.5. The normalized spacial score (nSPS) is 10.3. The molecule has 4 nitrogen and oxygen atoms in total. The van der Waals surface area contributed by atoms with Gasteiger partial charge in [0, 0.05) is 18.7 Å². The standard InChI is InChI=1S/C17H20N2O2S/c1-12-6-3-7-14(13(12)2)16(20)18-9-5-10-19-17(21)15-8-4-11-22-15/h3-4,6-8,11H,5,9-10H2,1-2H3,(H,18,20)(H,19,21). The lowest BCUT2D eigenvalue weighted by molar-refractivity contribution is 0.0952. The Kier molecular flexibility index (Phi) is 5.72. The molecular weight excluding hydrogens is 296 g/mol. The Balaban J connectivity index is 1.71. The smallest absolute Gasteiger partial charge is 0.261 e. The lowest BCUT2D eigenvalue weighted by Crippen LogP contribution is -2.30. The molecule has 0 spiro atoms. The van der Waals surface area contributed by atoms with Crippen molar-refractivity contribution in [1.82, 2.24) is 10.6 Å². The number of nitrogens with one attached hydrogen (secondary N) is 2. The van der Waals surface area contributed by atoms with E-state index in [2.05, 4.69) is 10.6 Å². The van der Waals surface area contributed by atoms with Gasteiger partial charge in [-0.1, -0.05) is 18.2 Å². The summed E-state index contributed by atoms with van der Waals surface area (Å²) in [5.74, 6) is -0.123. The summed E-state index contributed by atoms with van der Waals surface area (Å²) in [6.07, 6.45) is 0.702. The third-order valence-corrected chi connectivity index (χ3v) is 4.39. The third kappa shape index (κ3) is 4.18. The molecule has 0 unspecified atom stereocenters. The monoisotopic (exact) mass is 316 g/mol. The molecule has 0 aliphatic carbocycles. The molecule has 22 heavy (non-hydrogen) atoms. The fourth-order valence-electron chi connectivity index (χ4n) is 2.08. The Labute approximate surface area is 134 Å². The maximum absolute atomic E-state index is 12.1. The maximum atomic E-state index is 12.1. The Bertz CT molecular complexity index is 651. The molecule has 116 valence electrons. The van der Waals surface area contributed by atoms with Crippen molar-refractivity contribution >= 4 is 23.2 Å². The first kappa shape index (κ1) is 16.2. The number of benzene rings is 1. The fraction of sp³-hybridized carbons (Fsp3) is 0.294. The van der Waals surface area contributed by atoms with Crippen molar-refractivity contribution in [3.05, 3.63) is 57.3 Å². The van der Waals surface area contributed by atoms with Crippen LogP contribution >= 0.6 is 11.3 Å². The number of carbonyl (C=O) groups is 2. The predicted molar refractivity (Wildman–Crippen MR) is 89.5 cm³/mol. The second kappa shape index (κ2) is 7.75. The van der Waals surface area contributed by atoms with Crippen molar-refractivity contribution in [3.8, 4) is 0 Å². The van der Waals surface area contributed by atoms with Gasteiger partial charge in [-0.3, -0.25) is 9.59 Å². The Morgan fingerprint density at radius 2 is 1.73 bits per heavy atom. The first-order valence-electron chi connectivity index (χ1n) is 7.25. The zero-order chi connectivity index (χ0) is 15.9. The molecule has 0 bridgehead atoms. The zero-order valence-corrected chi connectivity index (χ0v) is 13.6. The number of thiophene rings is 1. The Morgan fingerprint density at radius 1 is 1.00 bits per heavy atom. The van der Waals surface area contributed by atoms with Crippen LogP contribution in [0.2, 0.25) is 0 Å². The van der Waals surface area contributed by atoms with Crippen LogP contribution in [-0.4, -0.2) is 24.9 Å². The first-order chi connectivity index (χ1) is 10.6. The van der Waals surface area contributed by atoms with Gasteiger partial charge in [-0.05, 0) is 48.9 Å². The largest absolute Gasteiger partial charge is 0.352 e. The quantitative estimate of drug-likeness (QED) is 0.805. The lowest BCUT2D eigenvalue weighted by atomic mass is 10.0. The van der Waals surface area contributed by atoms with Crippen molar-refractivity contribution in [2.75, 3.05) is 13.1 Å². The van der Waals surface area contributed by atoms with Crippen molar-refractivity contribution in [1.29, 1.82) is 0 Å². The average molecular weight is 316 g/mol. The number of rotatable bonds is 6. The van der Waals surface area contributed by atoms with Crippen LogP contribution in [0.3, 0.4) is 0 Å². The van der Waals surface area contributed by atoms with Crippen molar-refractivity contribution in [2.45, 2.75) is 20.3 Å². The second-order valence-electron chi connectivity index (χ2n) is 5.09. The van der Waals surface area contributed by atoms with E-state index in [0.29, 0.717) is 30.0 Å². The van der Waals surface area contributed by atoms with Crippen LogP contribution in [-0.2, 0) is 0 Å². The summed E-state index contributed by atoms with van der Waals surface area (Å²) >= 11 is 1.42. The number of hydrogen-bond acceptors (Lipinski definition) is 3. The fourth-order valence-corrected chi connectivity index (χ4v) is 2.72. The molecule has 2 aromatic rings. The molecule has 0 aliphatic rings. The van der Waals surface area contributed by atoms with Gasteiger partial charge in [-0.25, -0.2) is 0 Å². The van der Waals surface area contributed by atoms with Crippen LogP contribution < -0.4 is 10.6 Å². The van der Waals surface area contributed by atoms with Crippen molar-refractivity contribution < 1.29 is 9.59 Å². The molecule has 1 aromatic carbocycles. The Morgan fingerprint density at radius 3 is 2.41 bits per heavy atom. The number of amides is 2. The summed E-state index contributed by atoms with van der Waals surface area (Å²) in [6, 6.07) is 9.35. The van der Waals surface area contributed by atoms with E-state index in [1.54, 1.807) is 6.07 Å². The van der Waals surface area contributed by atoms with E-state index in [0.717, 1.165) is 11.1 Å². The van der Waals surface area contributed by atoms with Gasteiger partial charge in [-0.15, -0.1) is 11.3 Å². The van der Waals surface area contributed by atoms with Crippen LogP contribution in [0.4, 0.5) is 0 Å². The van der Waals surface area contributed by atoms with Gasteiger partial charge in [0.2, 0.25) is 0 Å². The summed E-state index contributed by atoms with van der Waals surface area (Å²) in [7, 11) is 0. The number of aryl methyl sites for hydroxylation is 1. The summed E-state index contributed by atoms with van der Waals surface area (Å²) < 4.78 is 0. The molecule has 0 aliphatic heterocycles. The molecule has 1 heterocycles. The highest BCUT2D eigenvalue weighted by Gasteiger charge is 2.09. The van der Waals surface area contributed by atoms with Gasteiger partial charge < -0.3 is 10.6 Å². The molecule has 0 saturated carbocycles. The summed E-state index contributed by atoms with van der Waals surface area (Å²) in [5, 5.41) is 7.60. The van der Waals surface area contributed by atoms with Crippen molar-refractivity contribution in [2.24, 2.45) is 0 Å². The van der Waals surface area contributed by atoms with Crippen molar-refractivity contribution in [3.63, 3.8) is 0 Å². The van der Waals surface area contributed by atoms with E-state index < -0.39 is 0 Å². The van der Waals surface area contributed by atoms with E-state index in [1.165, 1.54) is 11.3 Å². The van der Waals surface area contributed by atoms with E-state index >= 15 is 0 Å². The highest BCUT2D eigenvalue weighted by molar-refractivity contribution is 7.12. The van der Waals surface area contributed by atoms with Gasteiger partial charge in [0.05, 0.1) is 4.88 Å². The van der Waals surface area contributed by atoms with E-state index in [9.17, 15) is 9.59 Å². The average Bonchev–Trinajstić information content (AvgIpc) is 3.03. The van der Waals surface area contributed by atoms with E-state index in [-0.39, 0.29) is 11.8 Å². The first-order valence-corrected chi connectivity index (χ1v) is 8.13. The molecular formula is C17H20N2O2S. The highest BCUT2D eigenvalue weighted by atomic mass is 32.1. The molecule has 0 fully saturated rings. The van der Waals surface area contributed by atoms with Crippen LogP contribution in [0.1, 0.15) is 37.6 Å². The summed E-state index contributed by atoms with van der Waals surface area (Å²) in [5.41, 5.74) is 2.82. The maximum Gasteiger partial charge on any atom is 0.261 e. The van der Waals surface area contributed by atoms with Gasteiger partial charge in [0.15, 0.2) is 0 Å². The number of carbonyl (C=O) groups excluding carboxylic acids is 2. The predicted octanol–water partition coefficient (Wildman–Crippen LogP) is 2.91. The van der Waals surface area contributed by atoms with Crippen LogP contribution in [0.15, 0.2) is 35.7 Å². The molecule has 2 N–H and O–H groups in total.